The summed E-state index contributed by atoms with van der Waals surface area (Å²) in [6, 6.07) is 5.34. The average Bonchev–Trinajstić information content (AvgIpc) is 2.58. The molecule has 144 valence electrons. The standard InChI is InChI=1S/C20H23BrN2O4/c1-5-7-15-8-14(9-16(11-22)20(25)23-13(3)4)10-17(21)19(15)27-12-18(24)26-6-2/h5,8-10,13H,1,6-7,12H2,2-4H3,(H,23,25)/b16-9-. The predicted octanol–water partition coefficient (Wildman–Crippen LogP) is 3.55. The molecule has 0 aliphatic rings. The lowest BCUT2D eigenvalue weighted by Crippen LogP contribution is -2.30. The second-order valence-electron chi connectivity index (χ2n) is 5.88. The molecule has 27 heavy (non-hydrogen) atoms. The number of hydrogen-bond acceptors (Lipinski definition) is 5. The van der Waals surface area contributed by atoms with Crippen molar-refractivity contribution >= 4 is 33.9 Å². The summed E-state index contributed by atoms with van der Waals surface area (Å²) in [5.74, 6) is -0.406. The molecule has 0 heterocycles. The zero-order valence-corrected chi connectivity index (χ0v) is 17.3. The third-order valence-corrected chi connectivity index (χ3v) is 3.83. The lowest BCUT2D eigenvalue weighted by Gasteiger charge is -2.14. The fourth-order valence-corrected chi connectivity index (χ4v) is 2.85. The maximum Gasteiger partial charge on any atom is 0.344 e. The second kappa shape index (κ2) is 11.2. The molecule has 1 N–H and O–H groups in total. The molecule has 0 spiro atoms. The Kier molecular flexibility index (Phi) is 9.31. The molecule has 7 heteroatoms. The van der Waals surface area contributed by atoms with Crippen molar-refractivity contribution in [1.82, 2.24) is 5.32 Å². The van der Waals surface area contributed by atoms with E-state index in [9.17, 15) is 14.9 Å². The highest BCUT2D eigenvalue weighted by molar-refractivity contribution is 9.10. The van der Waals surface area contributed by atoms with Crippen LogP contribution in [0.25, 0.3) is 6.08 Å². The van der Waals surface area contributed by atoms with E-state index in [0.29, 0.717) is 22.2 Å². The number of benzene rings is 1. The van der Waals surface area contributed by atoms with Crippen molar-refractivity contribution in [2.75, 3.05) is 13.2 Å². The highest BCUT2D eigenvalue weighted by Crippen LogP contribution is 2.32. The summed E-state index contributed by atoms with van der Waals surface area (Å²) in [4.78, 5) is 23.6. The van der Waals surface area contributed by atoms with Crippen molar-refractivity contribution in [2.24, 2.45) is 0 Å². The number of nitrogens with one attached hydrogen (secondary N) is 1. The van der Waals surface area contributed by atoms with Crippen molar-refractivity contribution in [3.63, 3.8) is 0 Å². The lowest BCUT2D eigenvalue weighted by molar-refractivity contribution is -0.145. The van der Waals surface area contributed by atoms with Gasteiger partial charge in [0.15, 0.2) is 6.61 Å². The lowest BCUT2D eigenvalue weighted by atomic mass is 10.0. The van der Waals surface area contributed by atoms with Crippen molar-refractivity contribution in [1.29, 1.82) is 5.26 Å². The Labute approximate surface area is 168 Å². The van der Waals surface area contributed by atoms with Gasteiger partial charge in [0.25, 0.3) is 5.91 Å². The highest BCUT2D eigenvalue weighted by Gasteiger charge is 2.14. The molecule has 0 atom stereocenters. The molecular formula is C20H23BrN2O4. The first-order valence-electron chi connectivity index (χ1n) is 8.46. The van der Waals surface area contributed by atoms with Crippen LogP contribution < -0.4 is 10.1 Å². The number of rotatable bonds is 9. The van der Waals surface area contributed by atoms with Crippen LogP contribution in [-0.2, 0) is 20.7 Å². The minimum absolute atomic E-state index is 0.000319. The summed E-state index contributed by atoms with van der Waals surface area (Å²) >= 11 is 3.42. The predicted molar refractivity (Wildman–Crippen MR) is 107 cm³/mol. The molecule has 0 saturated carbocycles. The van der Waals surface area contributed by atoms with Crippen LogP contribution in [0.2, 0.25) is 0 Å². The molecule has 0 saturated heterocycles. The van der Waals surface area contributed by atoms with Gasteiger partial charge in [-0.05, 0) is 72.5 Å². The highest BCUT2D eigenvalue weighted by atomic mass is 79.9. The van der Waals surface area contributed by atoms with Crippen LogP contribution in [0.1, 0.15) is 31.9 Å². The summed E-state index contributed by atoms with van der Waals surface area (Å²) in [6.45, 7) is 9.15. The molecule has 0 aromatic heterocycles. The normalized spacial score (nSPS) is 10.9. The number of nitriles is 1. The van der Waals surface area contributed by atoms with Crippen molar-refractivity contribution in [2.45, 2.75) is 33.2 Å². The Morgan fingerprint density at radius 1 is 1.41 bits per heavy atom. The van der Waals surface area contributed by atoms with Crippen molar-refractivity contribution in [3.8, 4) is 11.8 Å². The first-order valence-corrected chi connectivity index (χ1v) is 9.26. The Balaban J connectivity index is 3.19. The van der Waals surface area contributed by atoms with Gasteiger partial charge >= 0.3 is 5.97 Å². The quantitative estimate of drug-likeness (QED) is 0.277. The van der Waals surface area contributed by atoms with Gasteiger partial charge in [-0.25, -0.2) is 4.79 Å². The maximum atomic E-state index is 12.1. The minimum atomic E-state index is -0.463. The molecule has 0 fully saturated rings. The van der Waals surface area contributed by atoms with Crippen LogP contribution in [0.15, 0.2) is 34.8 Å². The zero-order valence-electron chi connectivity index (χ0n) is 15.7. The number of esters is 1. The van der Waals surface area contributed by atoms with Crippen LogP contribution in [0.4, 0.5) is 0 Å². The van der Waals surface area contributed by atoms with Gasteiger partial charge in [0.1, 0.15) is 17.4 Å². The van der Waals surface area contributed by atoms with Gasteiger partial charge in [-0.2, -0.15) is 5.26 Å². The smallest absolute Gasteiger partial charge is 0.344 e. The van der Waals surface area contributed by atoms with E-state index < -0.39 is 11.9 Å². The molecule has 0 radical (unpaired) electrons. The van der Waals surface area contributed by atoms with E-state index >= 15 is 0 Å². The number of halogens is 1. The van der Waals surface area contributed by atoms with E-state index in [1.807, 2.05) is 19.9 Å². The monoisotopic (exact) mass is 434 g/mol. The number of carbonyl (C=O) groups excluding carboxylic acids is 2. The van der Waals surface area contributed by atoms with E-state index in [1.165, 1.54) is 6.08 Å². The molecule has 1 amide bonds. The molecule has 0 bridgehead atoms. The fraction of sp³-hybridized carbons (Fsp3) is 0.350. The first-order chi connectivity index (χ1) is 12.8. The van der Waals surface area contributed by atoms with Crippen LogP contribution in [0, 0.1) is 11.3 Å². The molecule has 1 aromatic carbocycles. The van der Waals surface area contributed by atoms with Gasteiger partial charge < -0.3 is 14.8 Å². The molecule has 1 aromatic rings. The third-order valence-electron chi connectivity index (χ3n) is 3.24. The summed E-state index contributed by atoms with van der Waals surface area (Å²) in [5, 5.41) is 12.0. The number of allylic oxidation sites excluding steroid dienone is 1. The number of hydrogen-bond donors (Lipinski definition) is 1. The number of ether oxygens (including phenoxy) is 2. The largest absolute Gasteiger partial charge is 0.480 e. The van der Waals surface area contributed by atoms with Gasteiger partial charge in [-0.1, -0.05) is 6.08 Å². The SMILES string of the molecule is C=CCc1cc(/C=C(/C#N)C(=O)NC(C)C)cc(Br)c1OCC(=O)OCC. The van der Waals surface area contributed by atoms with Crippen molar-refractivity contribution < 1.29 is 19.1 Å². The Bertz CT molecular complexity index is 779. The molecule has 0 unspecified atom stereocenters. The van der Waals surface area contributed by atoms with E-state index in [0.717, 1.165) is 5.56 Å². The fourth-order valence-electron chi connectivity index (χ4n) is 2.21. The summed E-state index contributed by atoms with van der Waals surface area (Å²) in [7, 11) is 0. The minimum Gasteiger partial charge on any atom is -0.480 e. The van der Waals surface area contributed by atoms with Crippen molar-refractivity contribution in [3.05, 3.63) is 46.0 Å². The van der Waals surface area contributed by atoms with E-state index in [1.54, 1.807) is 25.1 Å². The van der Waals surface area contributed by atoms with Gasteiger partial charge in [0.2, 0.25) is 0 Å². The molecule has 0 aliphatic carbocycles. The second-order valence-corrected chi connectivity index (χ2v) is 6.73. The molecule has 1 rings (SSSR count). The first kappa shape index (κ1) is 22.5. The number of nitrogens with zero attached hydrogens (tertiary/aromatic N) is 1. The molecular weight excluding hydrogens is 412 g/mol. The van der Waals surface area contributed by atoms with Crippen LogP contribution >= 0.6 is 15.9 Å². The summed E-state index contributed by atoms with van der Waals surface area (Å²) in [5.41, 5.74) is 1.41. The van der Waals surface area contributed by atoms with E-state index in [2.05, 4.69) is 27.8 Å². The number of amides is 1. The topological polar surface area (TPSA) is 88.4 Å². The van der Waals surface area contributed by atoms with Gasteiger partial charge in [0, 0.05) is 6.04 Å². The van der Waals surface area contributed by atoms with Gasteiger partial charge in [-0.15, -0.1) is 6.58 Å². The van der Waals surface area contributed by atoms with E-state index in [-0.39, 0.29) is 24.8 Å². The Morgan fingerprint density at radius 3 is 2.67 bits per heavy atom. The average molecular weight is 435 g/mol. The van der Waals surface area contributed by atoms with Gasteiger partial charge in [0.05, 0.1) is 11.1 Å². The molecule has 0 aliphatic heterocycles. The Hall–Kier alpha value is -2.59. The van der Waals surface area contributed by atoms with Crippen LogP contribution in [0.3, 0.4) is 0 Å². The zero-order chi connectivity index (χ0) is 20.4. The summed E-state index contributed by atoms with van der Waals surface area (Å²) < 4.78 is 11.0. The van der Waals surface area contributed by atoms with Crippen LogP contribution in [0.5, 0.6) is 5.75 Å². The summed E-state index contributed by atoms with van der Waals surface area (Å²) in [6.07, 6.45) is 3.69. The molecule has 6 nitrogen and oxygen atoms in total. The van der Waals surface area contributed by atoms with Gasteiger partial charge in [-0.3, -0.25) is 4.79 Å². The van der Waals surface area contributed by atoms with E-state index in [4.69, 9.17) is 9.47 Å². The van der Waals surface area contributed by atoms with Crippen LogP contribution in [-0.4, -0.2) is 31.1 Å². The third kappa shape index (κ3) is 7.27. The maximum absolute atomic E-state index is 12.1. The Morgan fingerprint density at radius 2 is 2.11 bits per heavy atom. The number of carbonyl (C=O) groups is 2.